The third-order valence-corrected chi connectivity index (χ3v) is 1.61. The Morgan fingerprint density at radius 3 is 2.94 bits per heavy atom. The summed E-state index contributed by atoms with van der Waals surface area (Å²) in [6, 6.07) is 0. The topological polar surface area (TPSA) is 98.1 Å². The van der Waals surface area contributed by atoms with E-state index in [0.29, 0.717) is 6.54 Å². The minimum absolute atomic E-state index is 0.0106. The van der Waals surface area contributed by atoms with Gasteiger partial charge in [0.1, 0.15) is 6.54 Å². The number of methoxy groups -OCH3 is 1. The van der Waals surface area contributed by atoms with E-state index < -0.39 is 6.09 Å². The molecule has 0 aliphatic carbocycles. The number of aromatic nitrogens is 3. The third kappa shape index (κ3) is 3.56. The first-order chi connectivity index (χ1) is 7.65. The highest BCUT2D eigenvalue weighted by atomic mass is 16.5. The second-order valence-electron chi connectivity index (χ2n) is 2.83. The molecule has 1 aromatic heterocycles. The van der Waals surface area contributed by atoms with E-state index in [2.05, 4.69) is 25.6 Å². The molecule has 0 bridgehead atoms. The van der Waals surface area contributed by atoms with Gasteiger partial charge in [-0.05, 0) is 6.92 Å². The van der Waals surface area contributed by atoms with Crippen molar-refractivity contribution in [1.82, 2.24) is 20.3 Å². The van der Waals surface area contributed by atoms with Crippen molar-refractivity contribution >= 4 is 17.8 Å². The van der Waals surface area contributed by atoms with Crippen LogP contribution in [-0.4, -0.2) is 40.6 Å². The van der Waals surface area contributed by atoms with Gasteiger partial charge in [0.05, 0.1) is 13.3 Å². The van der Waals surface area contributed by atoms with Crippen molar-refractivity contribution in [1.29, 1.82) is 0 Å². The molecule has 1 aromatic rings. The van der Waals surface area contributed by atoms with Crippen LogP contribution in [0.25, 0.3) is 0 Å². The van der Waals surface area contributed by atoms with Crippen molar-refractivity contribution in [2.24, 2.45) is 0 Å². The van der Waals surface area contributed by atoms with Crippen LogP contribution >= 0.6 is 0 Å². The summed E-state index contributed by atoms with van der Waals surface area (Å²) in [6.45, 7) is 2.38. The molecule has 2 amide bonds. The molecule has 0 saturated carbocycles. The van der Waals surface area contributed by atoms with Gasteiger partial charge >= 0.3 is 6.09 Å². The van der Waals surface area contributed by atoms with Crippen LogP contribution in [0, 0.1) is 0 Å². The Bertz CT molecular complexity index is 376. The highest BCUT2D eigenvalue weighted by Gasteiger charge is 2.07. The van der Waals surface area contributed by atoms with Gasteiger partial charge in [-0.15, -0.1) is 5.10 Å². The zero-order chi connectivity index (χ0) is 12.0. The lowest BCUT2D eigenvalue weighted by atomic mass is 10.6. The second-order valence-corrected chi connectivity index (χ2v) is 2.83. The van der Waals surface area contributed by atoms with Gasteiger partial charge in [0.15, 0.2) is 5.82 Å². The molecule has 0 atom stereocenters. The quantitative estimate of drug-likeness (QED) is 0.728. The lowest BCUT2D eigenvalue weighted by Crippen LogP contribution is -2.28. The molecule has 0 radical (unpaired) electrons. The van der Waals surface area contributed by atoms with Crippen molar-refractivity contribution in [3.05, 3.63) is 6.20 Å². The smallest absolute Gasteiger partial charge is 0.412 e. The average molecular weight is 227 g/mol. The van der Waals surface area contributed by atoms with Crippen LogP contribution in [0.2, 0.25) is 0 Å². The predicted octanol–water partition coefficient (Wildman–Crippen LogP) is -0.408. The first-order valence-electron chi connectivity index (χ1n) is 4.67. The first-order valence-corrected chi connectivity index (χ1v) is 4.67. The van der Waals surface area contributed by atoms with Gasteiger partial charge in [-0.2, -0.15) is 9.90 Å². The highest BCUT2D eigenvalue weighted by molar-refractivity contribution is 5.82. The number of nitrogens with zero attached hydrogens (tertiary/aromatic N) is 3. The number of amides is 2. The summed E-state index contributed by atoms with van der Waals surface area (Å²) in [7, 11) is 1.24. The summed E-state index contributed by atoms with van der Waals surface area (Å²) < 4.78 is 4.38. The maximum absolute atomic E-state index is 11.2. The van der Waals surface area contributed by atoms with Crippen LogP contribution < -0.4 is 10.6 Å². The number of likely N-dealkylation sites (N-methyl/N-ethyl adjacent to an activating group) is 1. The van der Waals surface area contributed by atoms with Gasteiger partial charge in [-0.1, -0.05) is 0 Å². The largest absolute Gasteiger partial charge is 0.453 e. The molecule has 88 valence electrons. The lowest BCUT2D eigenvalue weighted by Gasteiger charge is -2.00. The number of ether oxygens (including phenoxy) is 1. The Morgan fingerprint density at radius 2 is 2.31 bits per heavy atom. The van der Waals surface area contributed by atoms with Crippen molar-refractivity contribution in [2.75, 3.05) is 19.0 Å². The fraction of sp³-hybridized carbons (Fsp3) is 0.500. The summed E-state index contributed by atoms with van der Waals surface area (Å²) >= 11 is 0. The van der Waals surface area contributed by atoms with Crippen molar-refractivity contribution < 1.29 is 14.3 Å². The van der Waals surface area contributed by atoms with E-state index >= 15 is 0 Å². The van der Waals surface area contributed by atoms with E-state index in [4.69, 9.17) is 0 Å². The van der Waals surface area contributed by atoms with Gasteiger partial charge < -0.3 is 10.1 Å². The van der Waals surface area contributed by atoms with Crippen LogP contribution in [0.15, 0.2) is 6.20 Å². The normalized spacial score (nSPS) is 9.62. The van der Waals surface area contributed by atoms with Crippen molar-refractivity contribution in [3.8, 4) is 0 Å². The molecule has 8 heteroatoms. The fourth-order valence-electron chi connectivity index (χ4n) is 0.968. The number of carbonyl (C=O) groups is 2. The summed E-state index contributed by atoms with van der Waals surface area (Å²) in [5.41, 5.74) is 0. The standard InChI is InChI=1S/C8H13N5O3/c1-3-9-7(14)5-13-10-4-6(12-13)11-8(15)16-2/h4H,3,5H2,1-2H3,(H,9,14)(H,11,12,15). The van der Waals surface area contributed by atoms with Gasteiger partial charge in [0, 0.05) is 6.54 Å². The summed E-state index contributed by atoms with van der Waals surface area (Å²) in [5.74, 6) is 0.0406. The Hall–Kier alpha value is -2.12. The van der Waals surface area contributed by atoms with Gasteiger partial charge in [0.25, 0.3) is 0 Å². The van der Waals surface area contributed by atoms with Crippen LogP contribution in [0.3, 0.4) is 0 Å². The Balaban J connectivity index is 2.51. The third-order valence-electron chi connectivity index (χ3n) is 1.61. The minimum Gasteiger partial charge on any atom is -0.453 e. The molecule has 0 aliphatic heterocycles. The maximum Gasteiger partial charge on any atom is 0.412 e. The Kier molecular flexibility index (Phi) is 4.25. The number of anilines is 1. The molecule has 0 spiro atoms. The van der Waals surface area contributed by atoms with Crippen molar-refractivity contribution in [2.45, 2.75) is 13.5 Å². The highest BCUT2D eigenvalue weighted by Crippen LogP contribution is 1.98. The molecule has 16 heavy (non-hydrogen) atoms. The van der Waals surface area contributed by atoms with Crippen LogP contribution in [0.5, 0.6) is 0 Å². The maximum atomic E-state index is 11.2. The number of rotatable bonds is 4. The van der Waals surface area contributed by atoms with Crippen molar-refractivity contribution in [3.63, 3.8) is 0 Å². The molecule has 0 fully saturated rings. The molecule has 0 aliphatic rings. The summed E-state index contributed by atoms with van der Waals surface area (Å²) in [5, 5.41) is 12.6. The molecule has 1 heterocycles. The SMILES string of the molecule is CCNC(=O)Cn1ncc(NC(=O)OC)n1. The zero-order valence-electron chi connectivity index (χ0n) is 9.06. The van der Waals surface area contributed by atoms with Crippen LogP contribution in [-0.2, 0) is 16.1 Å². The van der Waals surface area contributed by atoms with Gasteiger partial charge in [0.2, 0.25) is 5.91 Å². The predicted molar refractivity (Wildman–Crippen MR) is 54.7 cm³/mol. The molecule has 0 aromatic carbocycles. The van der Waals surface area contributed by atoms with Gasteiger partial charge in [-0.25, -0.2) is 4.79 Å². The Morgan fingerprint density at radius 1 is 1.56 bits per heavy atom. The minimum atomic E-state index is -0.634. The summed E-state index contributed by atoms with van der Waals surface area (Å²) in [4.78, 5) is 23.2. The fourth-order valence-corrected chi connectivity index (χ4v) is 0.968. The van der Waals surface area contributed by atoms with Crippen LogP contribution in [0.1, 0.15) is 6.92 Å². The number of carbonyl (C=O) groups excluding carboxylic acids is 2. The van der Waals surface area contributed by atoms with E-state index in [9.17, 15) is 9.59 Å². The van der Waals surface area contributed by atoms with E-state index in [1.165, 1.54) is 18.1 Å². The lowest BCUT2D eigenvalue weighted by molar-refractivity contribution is -0.121. The first kappa shape index (κ1) is 12.0. The molecule has 8 nitrogen and oxygen atoms in total. The number of hydrogen-bond acceptors (Lipinski definition) is 5. The molecule has 2 N–H and O–H groups in total. The molecular weight excluding hydrogens is 214 g/mol. The molecule has 1 rings (SSSR count). The molecule has 0 saturated heterocycles. The monoisotopic (exact) mass is 227 g/mol. The van der Waals surface area contributed by atoms with E-state index in [1.807, 2.05) is 6.92 Å². The molecular formula is C8H13N5O3. The number of hydrogen-bond donors (Lipinski definition) is 2. The van der Waals surface area contributed by atoms with E-state index in [-0.39, 0.29) is 18.3 Å². The summed E-state index contributed by atoms with van der Waals surface area (Å²) in [6.07, 6.45) is 0.695. The van der Waals surface area contributed by atoms with E-state index in [0.717, 1.165) is 0 Å². The number of nitrogens with one attached hydrogen (secondary N) is 2. The van der Waals surface area contributed by atoms with E-state index in [1.54, 1.807) is 0 Å². The Labute approximate surface area is 92.0 Å². The zero-order valence-corrected chi connectivity index (χ0v) is 9.06. The second kappa shape index (κ2) is 5.69. The average Bonchev–Trinajstić information content (AvgIpc) is 2.65. The van der Waals surface area contributed by atoms with Crippen LogP contribution in [0.4, 0.5) is 10.6 Å². The van der Waals surface area contributed by atoms with Gasteiger partial charge in [-0.3, -0.25) is 10.1 Å². The molecule has 0 unspecified atom stereocenters.